The minimum atomic E-state index is -1.06. The van der Waals surface area contributed by atoms with Crippen LogP contribution in [-0.2, 0) is 11.2 Å². The number of aliphatic hydroxyl groups excluding tert-OH is 1. The van der Waals surface area contributed by atoms with Crippen LogP contribution in [0.3, 0.4) is 0 Å². The molecule has 0 spiro atoms. The van der Waals surface area contributed by atoms with Gasteiger partial charge in [-0.05, 0) is 32.8 Å². The zero-order valence-electron chi connectivity index (χ0n) is 14.8. The normalized spacial score (nSPS) is 23.4. The van der Waals surface area contributed by atoms with Crippen molar-refractivity contribution >= 4 is 12.2 Å². The molecule has 3 unspecified atom stereocenters. The van der Waals surface area contributed by atoms with E-state index < -0.39 is 29.9 Å². The van der Waals surface area contributed by atoms with Crippen molar-refractivity contribution in [2.75, 3.05) is 13.2 Å². The van der Waals surface area contributed by atoms with Crippen LogP contribution in [0.15, 0.2) is 30.3 Å². The Bertz CT molecular complexity index is 599. The molecule has 3 atom stereocenters. The van der Waals surface area contributed by atoms with Crippen molar-refractivity contribution in [2.24, 2.45) is 5.92 Å². The number of aliphatic hydroxyl groups is 1. The lowest BCUT2D eigenvalue weighted by Gasteiger charge is -2.29. The predicted molar refractivity (Wildman–Crippen MR) is 92.4 cm³/mol. The van der Waals surface area contributed by atoms with Gasteiger partial charge in [0.15, 0.2) is 0 Å². The van der Waals surface area contributed by atoms with Crippen molar-refractivity contribution in [2.45, 2.75) is 44.9 Å². The van der Waals surface area contributed by atoms with Gasteiger partial charge in [-0.1, -0.05) is 30.3 Å². The molecule has 0 aromatic heterocycles. The maximum atomic E-state index is 12.2. The number of benzene rings is 1. The second kappa shape index (κ2) is 7.74. The van der Waals surface area contributed by atoms with Crippen LogP contribution >= 0.6 is 0 Å². The summed E-state index contributed by atoms with van der Waals surface area (Å²) in [5, 5.41) is 21.9. The van der Waals surface area contributed by atoms with Gasteiger partial charge in [-0.25, -0.2) is 9.59 Å². The van der Waals surface area contributed by atoms with Gasteiger partial charge in [0.2, 0.25) is 0 Å². The second-order valence-electron chi connectivity index (χ2n) is 7.31. The van der Waals surface area contributed by atoms with Crippen LogP contribution in [0.5, 0.6) is 0 Å². The van der Waals surface area contributed by atoms with E-state index in [1.54, 1.807) is 20.8 Å². The molecule has 25 heavy (non-hydrogen) atoms. The molecule has 1 aliphatic heterocycles. The van der Waals surface area contributed by atoms with E-state index in [1.165, 1.54) is 4.90 Å². The number of hydrogen-bond donors (Lipinski definition) is 3. The molecular formula is C18H26N2O5. The molecule has 1 heterocycles. The maximum absolute atomic E-state index is 12.2. The average Bonchev–Trinajstić information content (AvgIpc) is 2.84. The number of nitrogens with one attached hydrogen (secondary N) is 1. The molecule has 0 bridgehead atoms. The number of ether oxygens (including phenoxy) is 1. The molecule has 1 aromatic carbocycles. The summed E-state index contributed by atoms with van der Waals surface area (Å²) < 4.78 is 5.29. The Morgan fingerprint density at radius 1 is 1.28 bits per heavy atom. The van der Waals surface area contributed by atoms with Crippen LogP contribution in [0.25, 0.3) is 0 Å². The van der Waals surface area contributed by atoms with E-state index in [9.17, 15) is 19.8 Å². The van der Waals surface area contributed by atoms with Gasteiger partial charge in [0.05, 0.1) is 12.1 Å². The Kier molecular flexibility index (Phi) is 5.89. The van der Waals surface area contributed by atoms with Crippen LogP contribution in [0.4, 0.5) is 9.59 Å². The topological polar surface area (TPSA) is 99.1 Å². The highest BCUT2D eigenvalue weighted by molar-refractivity contribution is 5.70. The number of carboxylic acid groups (broad SMARTS) is 1. The van der Waals surface area contributed by atoms with Crippen molar-refractivity contribution in [3.05, 3.63) is 35.9 Å². The van der Waals surface area contributed by atoms with E-state index in [2.05, 4.69) is 5.32 Å². The molecule has 7 nitrogen and oxygen atoms in total. The van der Waals surface area contributed by atoms with Crippen molar-refractivity contribution in [1.82, 2.24) is 10.2 Å². The van der Waals surface area contributed by atoms with Gasteiger partial charge in [0, 0.05) is 19.1 Å². The molecular weight excluding hydrogens is 324 g/mol. The molecule has 0 aliphatic carbocycles. The van der Waals surface area contributed by atoms with Crippen molar-refractivity contribution in [3.63, 3.8) is 0 Å². The first-order valence-electron chi connectivity index (χ1n) is 8.35. The molecule has 0 saturated carbocycles. The molecule has 2 amide bonds. The lowest BCUT2D eigenvalue weighted by Crippen LogP contribution is -2.50. The lowest BCUT2D eigenvalue weighted by atomic mass is 9.94. The summed E-state index contributed by atoms with van der Waals surface area (Å²) in [5.74, 6) is -0.377. The smallest absolute Gasteiger partial charge is 0.407 e. The quantitative estimate of drug-likeness (QED) is 0.772. The van der Waals surface area contributed by atoms with Gasteiger partial charge in [-0.3, -0.25) is 0 Å². The third kappa shape index (κ3) is 5.09. The molecule has 7 heteroatoms. The van der Waals surface area contributed by atoms with E-state index >= 15 is 0 Å². The fourth-order valence-corrected chi connectivity index (χ4v) is 3.15. The minimum Gasteiger partial charge on any atom is -0.465 e. The summed E-state index contributed by atoms with van der Waals surface area (Å²) in [6.07, 6.45) is -1.22. The Labute approximate surface area is 147 Å². The summed E-state index contributed by atoms with van der Waals surface area (Å²) >= 11 is 0. The number of carbonyl (C=O) groups is 2. The molecule has 1 aromatic rings. The number of rotatable bonds is 4. The zero-order valence-corrected chi connectivity index (χ0v) is 14.8. The summed E-state index contributed by atoms with van der Waals surface area (Å²) in [6.45, 7) is 5.24. The maximum Gasteiger partial charge on any atom is 0.407 e. The Hall–Kier alpha value is -2.28. The number of likely N-dealkylation sites (tertiary alicyclic amines) is 1. The highest BCUT2D eigenvalue weighted by Gasteiger charge is 2.45. The van der Waals surface area contributed by atoms with E-state index in [0.717, 1.165) is 5.56 Å². The van der Waals surface area contributed by atoms with Gasteiger partial charge in [-0.15, -0.1) is 0 Å². The van der Waals surface area contributed by atoms with Crippen LogP contribution < -0.4 is 5.32 Å². The van der Waals surface area contributed by atoms with E-state index in [4.69, 9.17) is 4.74 Å². The molecule has 1 aliphatic rings. The van der Waals surface area contributed by atoms with Gasteiger partial charge in [0.1, 0.15) is 5.60 Å². The van der Waals surface area contributed by atoms with Crippen molar-refractivity contribution in [3.8, 4) is 0 Å². The predicted octanol–water partition coefficient (Wildman–Crippen LogP) is 2.09. The lowest BCUT2D eigenvalue weighted by molar-refractivity contribution is 0.0470. The zero-order chi connectivity index (χ0) is 18.6. The SMILES string of the molecule is CC(C)(C)OC(=O)NC1C(CO)CN(C(=O)O)C1Cc1ccccc1. The molecule has 138 valence electrons. The van der Waals surface area contributed by atoms with Gasteiger partial charge in [-0.2, -0.15) is 0 Å². The molecule has 3 N–H and O–H groups in total. The van der Waals surface area contributed by atoms with Crippen molar-refractivity contribution < 1.29 is 24.5 Å². The summed E-state index contributed by atoms with van der Waals surface area (Å²) in [6, 6.07) is 8.50. The first-order valence-corrected chi connectivity index (χ1v) is 8.35. The molecule has 0 radical (unpaired) electrons. The first-order chi connectivity index (χ1) is 11.7. The largest absolute Gasteiger partial charge is 0.465 e. The van der Waals surface area contributed by atoms with Crippen LogP contribution in [0.1, 0.15) is 26.3 Å². The van der Waals surface area contributed by atoms with Crippen LogP contribution in [-0.4, -0.2) is 58.1 Å². The number of carbonyl (C=O) groups excluding carboxylic acids is 1. The number of nitrogens with zero attached hydrogens (tertiary/aromatic N) is 1. The molecule has 2 rings (SSSR count). The summed E-state index contributed by atoms with van der Waals surface area (Å²) in [4.78, 5) is 25.1. The minimum absolute atomic E-state index is 0.170. The second-order valence-corrected chi connectivity index (χ2v) is 7.31. The first kappa shape index (κ1) is 19.1. The highest BCUT2D eigenvalue weighted by Crippen LogP contribution is 2.27. The highest BCUT2D eigenvalue weighted by atomic mass is 16.6. The van der Waals surface area contributed by atoms with E-state index in [1.807, 2.05) is 30.3 Å². The van der Waals surface area contributed by atoms with Gasteiger partial charge >= 0.3 is 12.2 Å². The third-order valence-corrected chi connectivity index (χ3v) is 4.21. The molecule has 1 saturated heterocycles. The Morgan fingerprint density at radius 3 is 2.44 bits per heavy atom. The average molecular weight is 350 g/mol. The number of alkyl carbamates (subject to hydrolysis) is 1. The standard InChI is InChI=1S/C18H26N2O5/c1-18(2,3)25-16(22)19-15-13(11-21)10-20(17(23)24)14(15)9-12-7-5-4-6-8-12/h4-8,13-15,21H,9-11H2,1-3H3,(H,19,22)(H,23,24). The summed E-state index contributed by atoms with van der Waals surface area (Å²) in [7, 11) is 0. The van der Waals surface area contributed by atoms with E-state index in [-0.39, 0.29) is 19.1 Å². The third-order valence-electron chi connectivity index (χ3n) is 4.21. The Balaban J connectivity index is 2.21. The van der Waals surface area contributed by atoms with Crippen LogP contribution in [0, 0.1) is 5.92 Å². The fourth-order valence-electron chi connectivity index (χ4n) is 3.15. The van der Waals surface area contributed by atoms with Crippen LogP contribution in [0.2, 0.25) is 0 Å². The monoisotopic (exact) mass is 350 g/mol. The Morgan fingerprint density at radius 2 is 1.92 bits per heavy atom. The van der Waals surface area contributed by atoms with Crippen molar-refractivity contribution in [1.29, 1.82) is 0 Å². The molecule has 1 fully saturated rings. The number of hydrogen-bond acceptors (Lipinski definition) is 4. The summed E-state index contributed by atoms with van der Waals surface area (Å²) in [5.41, 5.74) is 0.312. The van der Waals surface area contributed by atoms with Gasteiger partial charge < -0.3 is 25.2 Å². The van der Waals surface area contributed by atoms with E-state index in [0.29, 0.717) is 6.42 Å². The fraction of sp³-hybridized carbons (Fsp3) is 0.556. The number of amides is 2. The van der Waals surface area contributed by atoms with Gasteiger partial charge in [0.25, 0.3) is 0 Å².